The van der Waals surface area contributed by atoms with Crippen molar-refractivity contribution in [2.45, 2.75) is 51.6 Å². The van der Waals surface area contributed by atoms with Gasteiger partial charge < -0.3 is 25.3 Å². The highest BCUT2D eigenvalue weighted by Gasteiger charge is 2.33. The number of likely N-dealkylation sites (tertiary alicyclic amines) is 1. The van der Waals surface area contributed by atoms with Crippen LogP contribution in [0.5, 0.6) is 5.75 Å². The first-order chi connectivity index (χ1) is 19.5. The summed E-state index contributed by atoms with van der Waals surface area (Å²) in [6, 6.07) is 12.0. The summed E-state index contributed by atoms with van der Waals surface area (Å²) in [6.45, 7) is 11.3. The van der Waals surface area contributed by atoms with E-state index in [1.807, 2.05) is 46.8 Å². The summed E-state index contributed by atoms with van der Waals surface area (Å²) in [5.41, 5.74) is 11.0. The lowest BCUT2D eigenvalue weighted by Gasteiger charge is -2.37. The molecule has 0 spiro atoms. The molecule has 3 N–H and O–H groups in total. The van der Waals surface area contributed by atoms with Gasteiger partial charge in [0.15, 0.2) is 5.75 Å². The Hall–Kier alpha value is -3.56. The number of methoxy groups -OCH3 is 1. The number of likely N-dealkylation sites (N-methyl/N-ethyl adjacent to an activating group) is 1. The number of nitrogen functional groups attached to an aromatic ring is 1. The maximum absolute atomic E-state index is 13.6. The lowest BCUT2D eigenvalue weighted by Crippen LogP contribution is -2.52. The molecule has 3 heterocycles. The topological polar surface area (TPSA) is 96.1 Å². The van der Waals surface area contributed by atoms with Crippen molar-refractivity contribution < 1.29 is 14.3 Å². The van der Waals surface area contributed by atoms with Crippen LogP contribution in [0.25, 0.3) is 10.9 Å². The van der Waals surface area contributed by atoms with Gasteiger partial charge in [0.05, 0.1) is 30.0 Å². The molecular weight excluding hydrogens is 516 g/mol. The fourth-order valence-electron chi connectivity index (χ4n) is 6.24. The van der Waals surface area contributed by atoms with Gasteiger partial charge in [0.1, 0.15) is 5.69 Å². The van der Waals surface area contributed by atoms with Crippen LogP contribution in [0.4, 0.5) is 11.4 Å². The second-order valence-electron chi connectivity index (χ2n) is 12.5. The maximum Gasteiger partial charge on any atom is 0.272 e. The van der Waals surface area contributed by atoms with Gasteiger partial charge in [-0.2, -0.15) is 0 Å². The number of anilines is 2. The highest BCUT2D eigenvalue weighted by molar-refractivity contribution is 6.07. The van der Waals surface area contributed by atoms with Gasteiger partial charge in [-0.25, -0.2) is 0 Å². The van der Waals surface area contributed by atoms with E-state index < -0.39 is 0 Å². The van der Waals surface area contributed by atoms with Crippen LogP contribution in [0.2, 0.25) is 0 Å². The quantitative estimate of drug-likeness (QED) is 0.442. The van der Waals surface area contributed by atoms with E-state index in [1.54, 1.807) is 7.11 Å². The van der Waals surface area contributed by atoms with Crippen molar-refractivity contribution >= 4 is 34.1 Å². The monoisotopic (exact) mass is 560 g/mol. The van der Waals surface area contributed by atoms with Crippen LogP contribution >= 0.6 is 0 Å². The Morgan fingerprint density at radius 2 is 1.78 bits per heavy atom. The zero-order valence-electron chi connectivity index (χ0n) is 25.3. The number of nitrogens with one attached hydrogen (secondary N) is 1. The molecule has 0 bridgehead atoms. The Labute approximate surface area is 243 Å². The Morgan fingerprint density at radius 3 is 2.41 bits per heavy atom. The molecule has 9 heteroatoms. The first kappa shape index (κ1) is 29.0. The van der Waals surface area contributed by atoms with E-state index in [0.29, 0.717) is 22.8 Å². The van der Waals surface area contributed by atoms with Crippen molar-refractivity contribution in [3.05, 3.63) is 53.2 Å². The molecule has 220 valence electrons. The third kappa shape index (κ3) is 5.78. The van der Waals surface area contributed by atoms with Crippen molar-refractivity contribution in [3.8, 4) is 5.75 Å². The average molecular weight is 561 g/mol. The van der Waals surface area contributed by atoms with Crippen LogP contribution in [-0.4, -0.2) is 84.0 Å². The standard InChI is InChI=1S/C32H44N6O3/c1-32(2,3)23-18-24(33)29(41-6)25(19-23)34-30(39)27-17-21-9-7-10-22(28(21)36(27)5)20-37-13-15-38(16-14-37)31(40)26-11-8-12-35(26)4/h7,9-10,17-19,26H,8,11-16,20,33H2,1-6H3,(H,34,39). The van der Waals surface area contributed by atoms with Crippen LogP contribution in [-0.2, 0) is 23.8 Å². The largest absolute Gasteiger partial charge is 0.492 e. The molecule has 1 unspecified atom stereocenters. The maximum atomic E-state index is 13.6. The number of rotatable bonds is 6. The molecule has 3 aromatic rings. The molecule has 2 fully saturated rings. The number of piperazine rings is 1. The van der Waals surface area contributed by atoms with Crippen molar-refractivity contribution in [3.63, 3.8) is 0 Å². The van der Waals surface area contributed by atoms with Crippen molar-refractivity contribution in [1.29, 1.82) is 0 Å². The second-order valence-corrected chi connectivity index (χ2v) is 12.5. The normalized spacial score (nSPS) is 18.7. The number of hydrogen-bond donors (Lipinski definition) is 2. The molecule has 2 amide bonds. The third-order valence-electron chi connectivity index (χ3n) is 8.69. The van der Waals surface area contributed by atoms with Gasteiger partial charge in [-0.05, 0) is 61.2 Å². The Bertz CT molecular complexity index is 1450. The summed E-state index contributed by atoms with van der Waals surface area (Å²) in [5, 5.41) is 4.08. The highest BCUT2D eigenvalue weighted by Crippen LogP contribution is 2.37. The fourth-order valence-corrected chi connectivity index (χ4v) is 6.24. The summed E-state index contributed by atoms with van der Waals surface area (Å²) >= 11 is 0. The summed E-state index contributed by atoms with van der Waals surface area (Å²) in [7, 11) is 5.55. The first-order valence-electron chi connectivity index (χ1n) is 14.6. The number of benzene rings is 2. The Morgan fingerprint density at radius 1 is 1.05 bits per heavy atom. The highest BCUT2D eigenvalue weighted by atomic mass is 16.5. The number of nitrogens with two attached hydrogens (primary N) is 1. The third-order valence-corrected chi connectivity index (χ3v) is 8.69. The molecule has 9 nitrogen and oxygen atoms in total. The first-order valence-corrected chi connectivity index (χ1v) is 14.6. The van der Waals surface area contributed by atoms with E-state index in [1.165, 1.54) is 0 Å². The lowest BCUT2D eigenvalue weighted by atomic mass is 9.86. The minimum absolute atomic E-state index is 0.0376. The van der Waals surface area contributed by atoms with Gasteiger partial charge in [0.25, 0.3) is 5.91 Å². The van der Waals surface area contributed by atoms with Gasteiger partial charge in [-0.1, -0.05) is 39.0 Å². The van der Waals surface area contributed by atoms with Gasteiger partial charge in [-0.3, -0.25) is 19.4 Å². The lowest BCUT2D eigenvalue weighted by molar-refractivity contribution is -0.137. The van der Waals surface area contributed by atoms with Gasteiger partial charge in [0, 0.05) is 45.2 Å². The number of nitrogens with zero attached hydrogens (tertiary/aromatic N) is 4. The molecule has 2 aliphatic heterocycles. The van der Waals surface area contributed by atoms with Crippen LogP contribution in [0.15, 0.2) is 36.4 Å². The van der Waals surface area contributed by atoms with Crippen molar-refractivity contribution in [2.24, 2.45) is 7.05 Å². The smallest absolute Gasteiger partial charge is 0.272 e. The molecule has 2 aliphatic rings. The molecule has 1 atom stereocenters. The van der Waals surface area contributed by atoms with Crippen LogP contribution in [0, 0.1) is 0 Å². The zero-order chi connectivity index (χ0) is 29.5. The zero-order valence-corrected chi connectivity index (χ0v) is 25.3. The van der Waals surface area contributed by atoms with E-state index >= 15 is 0 Å². The van der Waals surface area contributed by atoms with Gasteiger partial charge in [-0.15, -0.1) is 0 Å². The Kier molecular flexibility index (Phi) is 8.03. The van der Waals surface area contributed by atoms with Crippen molar-refractivity contribution in [2.75, 3.05) is 57.9 Å². The second kappa shape index (κ2) is 11.4. The van der Waals surface area contributed by atoms with E-state index in [4.69, 9.17) is 10.5 Å². The predicted octanol–water partition coefficient (Wildman–Crippen LogP) is 4.06. The molecule has 5 rings (SSSR count). The molecule has 2 aromatic carbocycles. The van der Waals surface area contributed by atoms with Gasteiger partial charge >= 0.3 is 0 Å². The number of para-hydroxylation sites is 1. The van der Waals surface area contributed by atoms with E-state index in [9.17, 15) is 9.59 Å². The number of amides is 2. The molecule has 0 saturated carbocycles. The van der Waals surface area contributed by atoms with E-state index in [2.05, 4.69) is 49.0 Å². The molecule has 41 heavy (non-hydrogen) atoms. The predicted molar refractivity (Wildman–Crippen MR) is 164 cm³/mol. The van der Waals surface area contributed by atoms with Crippen LogP contribution < -0.4 is 15.8 Å². The minimum Gasteiger partial charge on any atom is -0.492 e. The van der Waals surface area contributed by atoms with Crippen LogP contribution in [0.3, 0.4) is 0 Å². The van der Waals surface area contributed by atoms with Crippen LogP contribution in [0.1, 0.15) is 55.2 Å². The Balaban J connectivity index is 1.33. The van der Waals surface area contributed by atoms with E-state index in [0.717, 1.165) is 74.1 Å². The number of aryl methyl sites for hydroxylation is 1. The number of carbonyl (C=O) groups excluding carboxylic acids is 2. The number of carbonyl (C=O) groups is 2. The number of ether oxygens (including phenoxy) is 1. The molecule has 0 aliphatic carbocycles. The number of hydrogen-bond acceptors (Lipinski definition) is 6. The fraction of sp³-hybridized carbons (Fsp3) is 0.500. The van der Waals surface area contributed by atoms with Crippen molar-refractivity contribution in [1.82, 2.24) is 19.3 Å². The molecule has 1 aromatic heterocycles. The summed E-state index contributed by atoms with van der Waals surface area (Å²) in [6.07, 6.45) is 2.06. The minimum atomic E-state index is -0.220. The summed E-state index contributed by atoms with van der Waals surface area (Å²) < 4.78 is 7.52. The average Bonchev–Trinajstić information content (AvgIpc) is 3.51. The van der Waals surface area contributed by atoms with Gasteiger partial charge in [0.2, 0.25) is 5.91 Å². The molecule has 2 saturated heterocycles. The summed E-state index contributed by atoms with van der Waals surface area (Å²) in [4.78, 5) is 33.2. The van der Waals surface area contributed by atoms with E-state index in [-0.39, 0.29) is 23.3 Å². The summed E-state index contributed by atoms with van der Waals surface area (Å²) in [5.74, 6) is 0.515. The number of fused-ring (bicyclic) bond motifs is 1. The number of aromatic nitrogens is 1. The SMILES string of the molecule is COc1c(N)cc(C(C)(C)C)cc1NC(=O)c1cc2cccc(CN3CCN(C(=O)C4CCCN4C)CC3)c2n1C. The molecule has 0 radical (unpaired) electrons. The molecular formula is C32H44N6O3.